The largest absolute Gasteiger partial charge is 0.496 e. The number of methoxy groups -OCH3 is 3. The van der Waals surface area contributed by atoms with Crippen molar-refractivity contribution in [2.75, 3.05) is 21.3 Å². The van der Waals surface area contributed by atoms with Crippen LogP contribution >= 0.6 is 15.9 Å². The van der Waals surface area contributed by atoms with E-state index in [4.69, 9.17) is 18.6 Å². The zero-order valence-corrected chi connectivity index (χ0v) is 17.0. The van der Waals surface area contributed by atoms with E-state index in [9.17, 15) is 4.79 Å². The molecule has 0 aliphatic rings. The highest BCUT2D eigenvalue weighted by Gasteiger charge is 2.20. The van der Waals surface area contributed by atoms with E-state index < -0.39 is 0 Å². The van der Waals surface area contributed by atoms with Gasteiger partial charge in [0.2, 0.25) is 0 Å². The molecule has 2 aromatic heterocycles. The molecule has 0 amide bonds. The first-order valence-corrected chi connectivity index (χ1v) is 9.18. The van der Waals surface area contributed by atoms with Crippen LogP contribution < -0.4 is 19.6 Å². The Morgan fingerprint density at radius 3 is 2.25 bits per heavy atom. The Hall–Kier alpha value is -3.06. The summed E-state index contributed by atoms with van der Waals surface area (Å²) in [5.74, 6) is 2.03. The molecule has 0 radical (unpaired) electrons. The van der Waals surface area contributed by atoms with E-state index in [0.717, 1.165) is 0 Å². The molecule has 0 fully saturated rings. The van der Waals surface area contributed by atoms with E-state index in [1.165, 1.54) is 6.07 Å². The minimum atomic E-state index is -0.197. The molecule has 0 spiro atoms. The number of fused-ring (bicyclic) bond motifs is 3. The number of hydrogen-bond acceptors (Lipinski definition) is 6. The summed E-state index contributed by atoms with van der Waals surface area (Å²) in [5, 5.41) is 1.66. The van der Waals surface area contributed by atoms with Crippen LogP contribution in [-0.2, 0) is 0 Å². The molecule has 6 nitrogen and oxygen atoms in total. The maximum absolute atomic E-state index is 12.9. The van der Waals surface area contributed by atoms with Crippen LogP contribution in [0.3, 0.4) is 0 Å². The van der Waals surface area contributed by atoms with Crippen LogP contribution in [-0.4, -0.2) is 26.3 Å². The standard InChI is InChI=1S/C21H16BrNO5/c1-25-14-6-7-15(26-2)19-18(14)17(27-3)9-12-13(24)10-16(28-20(12)19)11-5-4-8-23-21(11)22/h4-10H,1-3H3. The smallest absolute Gasteiger partial charge is 0.193 e. The summed E-state index contributed by atoms with van der Waals surface area (Å²) in [6, 6.07) is 10.3. The monoisotopic (exact) mass is 441 g/mol. The molecule has 0 unspecified atom stereocenters. The summed E-state index contributed by atoms with van der Waals surface area (Å²) < 4.78 is 23.4. The highest BCUT2D eigenvalue weighted by atomic mass is 79.9. The Bertz CT molecular complexity index is 1270. The van der Waals surface area contributed by atoms with Crippen molar-refractivity contribution >= 4 is 37.7 Å². The molecule has 0 saturated heterocycles. The lowest BCUT2D eigenvalue weighted by molar-refractivity contribution is 0.400. The minimum Gasteiger partial charge on any atom is -0.496 e. The summed E-state index contributed by atoms with van der Waals surface area (Å²) in [7, 11) is 4.68. The maximum Gasteiger partial charge on any atom is 0.193 e. The van der Waals surface area contributed by atoms with Gasteiger partial charge >= 0.3 is 0 Å². The van der Waals surface area contributed by atoms with Crippen LogP contribution in [0.25, 0.3) is 33.1 Å². The molecule has 2 aromatic carbocycles. The number of pyridine rings is 1. The lowest BCUT2D eigenvalue weighted by Crippen LogP contribution is -2.03. The summed E-state index contributed by atoms with van der Waals surface area (Å²) in [4.78, 5) is 17.1. The van der Waals surface area contributed by atoms with Crippen molar-refractivity contribution in [3.05, 3.63) is 57.4 Å². The van der Waals surface area contributed by atoms with E-state index in [0.29, 0.717) is 54.9 Å². The van der Waals surface area contributed by atoms with Crippen molar-refractivity contribution in [1.29, 1.82) is 0 Å². The number of halogens is 1. The van der Waals surface area contributed by atoms with Gasteiger partial charge in [-0.25, -0.2) is 4.98 Å². The van der Waals surface area contributed by atoms with Crippen LogP contribution in [0.1, 0.15) is 0 Å². The van der Waals surface area contributed by atoms with Gasteiger partial charge in [0.25, 0.3) is 0 Å². The zero-order chi connectivity index (χ0) is 19.8. The molecule has 2 heterocycles. The number of aromatic nitrogens is 1. The first-order valence-electron chi connectivity index (χ1n) is 8.39. The second kappa shape index (κ2) is 7.16. The normalized spacial score (nSPS) is 11.0. The summed E-state index contributed by atoms with van der Waals surface area (Å²) >= 11 is 3.41. The molecule has 4 rings (SSSR count). The average molecular weight is 442 g/mol. The van der Waals surface area contributed by atoms with Crippen molar-refractivity contribution < 1.29 is 18.6 Å². The molecule has 0 N–H and O–H groups in total. The maximum atomic E-state index is 12.9. The van der Waals surface area contributed by atoms with Crippen LogP contribution in [0, 0.1) is 0 Å². The van der Waals surface area contributed by atoms with Gasteiger partial charge in [-0.15, -0.1) is 0 Å². The quantitative estimate of drug-likeness (QED) is 0.334. The fourth-order valence-corrected chi connectivity index (χ4v) is 3.71. The Morgan fingerprint density at radius 1 is 0.929 bits per heavy atom. The van der Waals surface area contributed by atoms with E-state index in [-0.39, 0.29) is 5.43 Å². The Labute approximate surface area is 168 Å². The summed E-state index contributed by atoms with van der Waals surface area (Å²) in [6.45, 7) is 0. The van der Waals surface area contributed by atoms with Crippen molar-refractivity contribution in [3.8, 4) is 28.6 Å². The van der Waals surface area contributed by atoms with Gasteiger partial charge in [0.15, 0.2) is 11.0 Å². The average Bonchev–Trinajstić information content (AvgIpc) is 2.72. The topological polar surface area (TPSA) is 70.8 Å². The van der Waals surface area contributed by atoms with E-state index in [1.807, 2.05) is 6.07 Å². The molecular formula is C21H16BrNO5. The number of benzene rings is 2. The molecule has 0 bridgehead atoms. The third-order valence-electron chi connectivity index (χ3n) is 4.55. The van der Waals surface area contributed by atoms with Gasteiger partial charge in [-0.2, -0.15) is 0 Å². The Morgan fingerprint density at radius 2 is 1.61 bits per heavy atom. The number of nitrogens with zero attached hydrogens (tertiary/aromatic N) is 1. The summed E-state index contributed by atoms with van der Waals surface area (Å²) in [6.07, 6.45) is 1.65. The van der Waals surface area contributed by atoms with Gasteiger partial charge in [-0.3, -0.25) is 4.79 Å². The van der Waals surface area contributed by atoms with Gasteiger partial charge in [0.05, 0.1) is 43.1 Å². The fraction of sp³-hybridized carbons (Fsp3) is 0.143. The lowest BCUT2D eigenvalue weighted by Gasteiger charge is -2.15. The number of rotatable bonds is 4. The van der Waals surface area contributed by atoms with Crippen molar-refractivity contribution in [2.45, 2.75) is 0 Å². The molecule has 0 aliphatic carbocycles. The predicted octanol–water partition coefficient (Wildman–Crippen LogP) is 4.80. The van der Waals surface area contributed by atoms with Crippen LogP contribution in [0.5, 0.6) is 17.2 Å². The molecule has 28 heavy (non-hydrogen) atoms. The van der Waals surface area contributed by atoms with Crippen molar-refractivity contribution in [3.63, 3.8) is 0 Å². The molecule has 0 atom stereocenters. The highest BCUT2D eigenvalue weighted by molar-refractivity contribution is 9.10. The van der Waals surface area contributed by atoms with E-state index >= 15 is 0 Å². The van der Waals surface area contributed by atoms with Crippen LogP contribution in [0.4, 0.5) is 0 Å². The Balaban J connectivity index is 2.22. The second-order valence-corrected chi connectivity index (χ2v) is 6.74. The predicted molar refractivity (Wildman–Crippen MR) is 111 cm³/mol. The van der Waals surface area contributed by atoms with Crippen LogP contribution in [0.2, 0.25) is 0 Å². The van der Waals surface area contributed by atoms with E-state index in [1.54, 1.807) is 51.8 Å². The SMILES string of the molecule is COc1ccc(OC)c2c1c(OC)cc1c(=O)cc(-c3cccnc3Br)oc12. The number of hydrogen-bond donors (Lipinski definition) is 0. The van der Waals surface area contributed by atoms with Crippen molar-refractivity contribution in [2.24, 2.45) is 0 Å². The first-order chi connectivity index (χ1) is 13.6. The van der Waals surface area contributed by atoms with Gasteiger partial charge < -0.3 is 18.6 Å². The van der Waals surface area contributed by atoms with Crippen molar-refractivity contribution in [1.82, 2.24) is 4.98 Å². The van der Waals surface area contributed by atoms with E-state index in [2.05, 4.69) is 20.9 Å². The van der Waals surface area contributed by atoms with Gasteiger partial charge in [0, 0.05) is 12.3 Å². The lowest BCUT2D eigenvalue weighted by atomic mass is 10.0. The van der Waals surface area contributed by atoms with Gasteiger partial charge in [0.1, 0.15) is 27.6 Å². The fourth-order valence-electron chi connectivity index (χ4n) is 3.27. The van der Waals surface area contributed by atoms with Gasteiger partial charge in [-0.1, -0.05) is 0 Å². The third kappa shape index (κ3) is 2.79. The molecule has 0 aliphatic heterocycles. The zero-order valence-electron chi connectivity index (χ0n) is 15.4. The molecule has 7 heteroatoms. The number of ether oxygens (including phenoxy) is 3. The Kier molecular flexibility index (Phi) is 4.68. The highest BCUT2D eigenvalue weighted by Crippen LogP contribution is 2.44. The third-order valence-corrected chi connectivity index (χ3v) is 5.18. The molecule has 142 valence electrons. The summed E-state index contributed by atoms with van der Waals surface area (Å²) in [5.41, 5.74) is 0.870. The minimum absolute atomic E-state index is 0.197. The first kappa shape index (κ1) is 18.3. The second-order valence-electron chi connectivity index (χ2n) is 5.99. The molecular weight excluding hydrogens is 426 g/mol. The van der Waals surface area contributed by atoms with Gasteiger partial charge in [-0.05, 0) is 46.3 Å². The molecule has 0 saturated carbocycles. The molecule has 4 aromatic rings. The van der Waals surface area contributed by atoms with Crippen LogP contribution in [0.15, 0.2) is 56.4 Å².